The lowest BCUT2D eigenvalue weighted by molar-refractivity contribution is 0.197. The molecular weight excluding hydrogens is 379 g/mol. The summed E-state index contributed by atoms with van der Waals surface area (Å²) in [5, 5.41) is 13.6. The van der Waals surface area contributed by atoms with Crippen LogP contribution in [0.5, 0.6) is 0 Å². The van der Waals surface area contributed by atoms with E-state index in [1.54, 1.807) is 11.1 Å². The second-order valence-corrected chi connectivity index (χ2v) is 6.65. The number of nitrogens with zero attached hydrogens (tertiary/aromatic N) is 3. The predicted octanol–water partition coefficient (Wildman–Crippen LogP) is 5.51. The molecule has 1 atom stereocenters. The first-order valence-corrected chi connectivity index (χ1v) is 9.14. The highest BCUT2D eigenvalue weighted by atomic mass is 35.5. The largest absolute Gasteiger partial charge is 0.322 e. The summed E-state index contributed by atoms with van der Waals surface area (Å²) >= 11 is 5.79. The van der Waals surface area contributed by atoms with Crippen LogP contribution in [-0.4, -0.2) is 22.5 Å². The van der Waals surface area contributed by atoms with E-state index in [0.717, 1.165) is 16.3 Å². The smallest absolute Gasteiger partial charge is 0.318 e. The molecule has 0 saturated carbocycles. The van der Waals surface area contributed by atoms with E-state index in [1.807, 2.05) is 38.1 Å². The van der Waals surface area contributed by atoms with Crippen molar-refractivity contribution in [1.29, 1.82) is 5.26 Å². The normalized spacial score (nSPS) is 11.7. The molecule has 3 rings (SSSR count). The molecule has 0 fully saturated rings. The van der Waals surface area contributed by atoms with Crippen molar-refractivity contribution >= 4 is 34.1 Å². The first-order valence-electron chi connectivity index (χ1n) is 8.76. The van der Waals surface area contributed by atoms with Crippen LogP contribution in [-0.2, 0) is 0 Å². The molecule has 0 radical (unpaired) electrons. The maximum Gasteiger partial charge on any atom is 0.322 e. The molecule has 0 aliphatic carbocycles. The highest BCUT2D eigenvalue weighted by Crippen LogP contribution is 2.29. The molecule has 1 aromatic heterocycles. The monoisotopic (exact) mass is 396 g/mol. The maximum atomic E-state index is 13.3. The zero-order valence-corrected chi connectivity index (χ0v) is 16.2. The third-order valence-electron chi connectivity index (χ3n) is 4.62. The van der Waals surface area contributed by atoms with Crippen LogP contribution in [0.4, 0.5) is 14.9 Å². The fourth-order valence-electron chi connectivity index (χ4n) is 3.17. The van der Waals surface area contributed by atoms with Crippen LogP contribution < -0.4 is 5.32 Å². The fraction of sp³-hybridized carbons (Fsp3) is 0.190. The minimum absolute atomic E-state index is 0.0591. The Bertz CT molecular complexity index is 1080. The number of fused-ring (bicyclic) bond motifs is 1. The Morgan fingerprint density at radius 3 is 2.68 bits per heavy atom. The van der Waals surface area contributed by atoms with E-state index in [4.69, 9.17) is 11.6 Å². The van der Waals surface area contributed by atoms with E-state index < -0.39 is 5.82 Å². The molecule has 0 aliphatic rings. The quantitative estimate of drug-likeness (QED) is 0.631. The van der Waals surface area contributed by atoms with Gasteiger partial charge in [-0.3, -0.25) is 0 Å². The van der Waals surface area contributed by atoms with Crippen LogP contribution in [0, 0.1) is 17.1 Å². The lowest BCUT2D eigenvalue weighted by atomic mass is 10.00. The number of hydrogen-bond acceptors (Lipinski definition) is 3. The number of halogens is 2. The third-order valence-corrected chi connectivity index (χ3v) is 4.91. The zero-order chi connectivity index (χ0) is 20.3. The van der Waals surface area contributed by atoms with Crippen LogP contribution in [0.15, 0.2) is 48.7 Å². The lowest BCUT2D eigenvalue weighted by Gasteiger charge is -2.29. The molecule has 7 heteroatoms. The lowest BCUT2D eigenvalue weighted by Crippen LogP contribution is -2.37. The number of rotatable bonds is 4. The highest BCUT2D eigenvalue weighted by Gasteiger charge is 2.23. The van der Waals surface area contributed by atoms with Gasteiger partial charge in [0.2, 0.25) is 0 Å². The van der Waals surface area contributed by atoms with Crippen molar-refractivity contribution in [1.82, 2.24) is 9.88 Å². The molecule has 0 bridgehead atoms. The summed E-state index contributed by atoms with van der Waals surface area (Å²) in [5.41, 5.74) is 1.59. The fourth-order valence-corrected chi connectivity index (χ4v) is 3.35. The van der Waals surface area contributed by atoms with E-state index in [0.29, 0.717) is 17.9 Å². The summed E-state index contributed by atoms with van der Waals surface area (Å²) < 4.78 is 13.3. The van der Waals surface area contributed by atoms with Crippen LogP contribution in [0.2, 0.25) is 5.02 Å². The van der Waals surface area contributed by atoms with E-state index in [1.165, 1.54) is 18.2 Å². The molecule has 3 aromatic rings. The number of nitrogens with one attached hydrogen (secondary N) is 1. The van der Waals surface area contributed by atoms with Crippen LogP contribution >= 0.6 is 11.6 Å². The summed E-state index contributed by atoms with van der Waals surface area (Å²) in [6, 6.07) is 13.0. The van der Waals surface area contributed by atoms with Gasteiger partial charge in [-0.15, -0.1) is 0 Å². The zero-order valence-electron chi connectivity index (χ0n) is 15.4. The number of anilines is 1. The molecule has 1 heterocycles. The average Bonchev–Trinajstić information content (AvgIpc) is 2.70. The summed E-state index contributed by atoms with van der Waals surface area (Å²) in [7, 11) is 0. The number of hydrogen-bond donors (Lipinski definition) is 1. The third kappa shape index (κ3) is 3.75. The number of carbonyl (C=O) groups excluding carboxylic acids is 1. The summed E-state index contributed by atoms with van der Waals surface area (Å²) in [5.74, 6) is -0.546. The number of benzene rings is 2. The molecule has 0 spiro atoms. The molecule has 142 valence electrons. The van der Waals surface area contributed by atoms with E-state index in [2.05, 4.69) is 16.4 Å². The van der Waals surface area contributed by atoms with Crippen LogP contribution in [0.1, 0.15) is 31.1 Å². The van der Waals surface area contributed by atoms with Gasteiger partial charge in [0.05, 0.1) is 11.1 Å². The highest BCUT2D eigenvalue weighted by molar-refractivity contribution is 6.31. The number of carbonyl (C=O) groups is 1. The van der Waals surface area contributed by atoms with Gasteiger partial charge in [-0.2, -0.15) is 5.26 Å². The average molecular weight is 397 g/mol. The minimum atomic E-state index is -0.546. The van der Waals surface area contributed by atoms with Gasteiger partial charge in [0.1, 0.15) is 17.6 Å². The Labute approximate surface area is 167 Å². The van der Waals surface area contributed by atoms with Gasteiger partial charge in [-0.1, -0.05) is 35.9 Å². The molecule has 2 amide bonds. The van der Waals surface area contributed by atoms with Crippen molar-refractivity contribution in [2.24, 2.45) is 0 Å². The van der Waals surface area contributed by atoms with Gasteiger partial charge < -0.3 is 10.2 Å². The van der Waals surface area contributed by atoms with E-state index in [9.17, 15) is 14.4 Å². The van der Waals surface area contributed by atoms with Gasteiger partial charge in [-0.05, 0) is 37.4 Å². The maximum absolute atomic E-state index is 13.3. The second-order valence-electron chi connectivity index (χ2n) is 6.24. The van der Waals surface area contributed by atoms with Gasteiger partial charge >= 0.3 is 6.03 Å². The van der Waals surface area contributed by atoms with Gasteiger partial charge in [0.25, 0.3) is 0 Å². The molecule has 0 saturated heterocycles. The van der Waals surface area contributed by atoms with Crippen molar-refractivity contribution in [3.8, 4) is 6.07 Å². The van der Waals surface area contributed by atoms with Crippen LogP contribution in [0.25, 0.3) is 10.8 Å². The number of aromatic nitrogens is 1. The molecule has 2 aromatic carbocycles. The van der Waals surface area contributed by atoms with E-state index in [-0.39, 0.29) is 17.1 Å². The summed E-state index contributed by atoms with van der Waals surface area (Å²) in [4.78, 5) is 18.7. The van der Waals surface area contributed by atoms with Gasteiger partial charge in [0.15, 0.2) is 0 Å². The molecule has 1 unspecified atom stereocenters. The van der Waals surface area contributed by atoms with Gasteiger partial charge in [-0.25, -0.2) is 14.2 Å². The van der Waals surface area contributed by atoms with Crippen LogP contribution in [0.3, 0.4) is 0 Å². The first-order chi connectivity index (χ1) is 13.5. The molecule has 5 nitrogen and oxygen atoms in total. The Morgan fingerprint density at radius 2 is 2.04 bits per heavy atom. The Hall–Kier alpha value is -3.17. The number of amides is 2. The van der Waals surface area contributed by atoms with Crippen molar-refractivity contribution in [3.05, 3.63) is 70.8 Å². The SMILES string of the molecule is CCN(C(=O)Nc1ccc(F)c(Cl)c1)C(C)c1cnc(C#N)c2ccccc12. The number of pyridine rings is 1. The van der Waals surface area contributed by atoms with Crippen molar-refractivity contribution in [2.45, 2.75) is 19.9 Å². The second kappa shape index (κ2) is 8.24. The topological polar surface area (TPSA) is 69.0 Å². The molecule has 28 heavy (non-hydrogen) atoms. The summed E-state index contributed by atoms with van der Waals surface area (Å²) in [6.07, 6.45) is 1.64. The molecular formula is C21H18ClFN4O. The number of nitriles is 1. The Balaban J connectivity index is 1.92. The number of urea groups is 1. The van der Waals surface area contributed by atoms with Gasteiger partial charge in [0, 0.05) is 29.4 Å². The molecule has 0 aliphatic heterocycles. The van der Waals surface area contributed by atoms with E-state index >= 15 is 0 Å². The predicted molar refractivity (Wildman–Crippen MR) is 108 cm³/mol. The molecule has 1 N–H and O–H groups in total. The Morgan fingerprint density at radius 1 is 1.32 bits per heavy atom. The summed E-state index contributed by atoms with van der Waals surface area (Å²) in [6.45, 7) is 4.21. The van der Waals surface area contributed by atoms with Crippen molar-refractivity contribution in [2.75, 3.05) is 11.9 Å². The standard InChI is InChI=1S/C21H18ClFN4O/c1-3-27(21(28)26-14-8-9-19(23)18(22)10-14)13(2)17-12-25-20(11-24)16-7-5-4-6-15(16)17/h4-10,12-13H,3H2,1-2H3,(H,26,28). The minimum Gasteiger partial charge on any atom is -0.318 e. The Kier molecular flexibility index (Phi) is 5.76. The van der Waals surface area contributed by atoms with Crippen molar-refractivity contribution in [3.63, 3.8) is 0 Å². The first kappa shape index (κ1) is 19.6. The van der Waals surface area contributed by atoms with Crippen molar-refractivity contribution < 1.29 is 9.18 Å².